The Kier molecular flexibility index (Phi) is 6.28. The Balaban J connectivity index is 1.42. The number of fused-ring (bicyclic) bond motifs is 1. The predicted octanol–water partition coefficient (Wildman–Crippen LogP) is 2.80. The van der Waals surface area contributed by atoms with E-state index in [0.29, 0.717) is 37.4 Å². The van der Waals surface area contributed by atoms with E-state index in [1.807, 2.05) is 24.3 Å². The number of likely N-dealkylation sites (tertiary alicyclic amines) is 1. The molecule has 1 saturated heterocycles. The maximum Gasteiger partial charge on any atom is 0.409 e. The molecule has 1 aliphatic heterocycles. The van der Waals surface area contributed by atoms with Gasteiger partial charge in [0.05, 0.1) is 6.61 Å². The molecule has 0 spiro atoms. The summed E-state index contributed by atoms with van der Waals surface area (Å²) in [6.07, 6.45) is 0.975. The number of ether oxygens (including phenoxy) is 2. The second-order valence-electron chi connectivity index (χ2n) is 6.25. The zero-order valence-corrected chi connectivity index (χ0v) is 15.9. The molecule has 1 aromatic carbocycles. The Labute approximate surface area is 161 Å². The van der Waals surface area contributed by atoms with E-state index in [2.05, 4.69) is 5.32 Å². The highest BCUT2D eigenvalue weighted by atomic mass is 32.1. The van der Waals surface area contributed by atoms with Crippen LogP contribution in [0.25, 0.3) is 10.1 Å². The fourth-order valence-corrected chi connectivity index (χ4v) is 3.93. The molecule has 1 fully saturated rings. The first kappa shape index (κ1) is 19.2. The van der Waals surface area contributed by atoms with Gasteiger partial charge in [0.25, 0.3) is 5.91 Å². The molecule has 0 saturated carbocycles. The van der Waals surface area contributed by atoms with Crippen LogP contribution >= 0.6 is 11.3 Å². The summed E-state index contributed by atoms with van der Waals surface area (Å²) in [5.41, 5.74) is 0. The zero-order chi connectivity index (χ0) is 19.2. The lowest BCUT2D eigenvalue weighted by Crippen LogP contribution is -2.47. The number of thiophene rings is 1. The van der Waals surface area contributed by atoms with Gasteiger partial charge < -0.3 is 19.7 Å². The van der Waals surface area contributed by atoms with Gasteiger partial charge in [-0.3, -0.25) is 4.79 Å². The second kappa shape index (κ2) is 8.85. The summed E-state index contributed by atoms with van der Waals surface area (Å²) in [6, 6.07) is 9.42. The lowest BCUT2D eigenvalue weighted by Gasteiger charge is -2.31. The van der Waals surface area contributed by atoms with Crippen LogP contribution in [0.4, 0.5) is 4.79 Å². The van der Waals surface area contributed by atoms with Crippen LogP contribution in [-0.2, 0) is 14.3 Å². The molecule has 0 bridgehead atoms. The topological polar surface area (TPSA) is 84.9 Å². The SMILES string of the molecule is CCOC(=O)N1CCC(NC(=O)COC(=O)c2cc3ccccc3s2)CC1. The van der Waals surface area contributed by atoms with Gasteiger partial charge in [-0.05, 0) is 37.3 Å². The summed E-state index contributed by atoms with van der Waals surface area (Å²) in [7, 11) is 0. The van der Waals surface area contributed by atoms with E-state index in [-0.39, 0.29) is 24.6 Å². The number of rotatable bonds is 5. The molecule has 144 valence electrons. The van der Waals surface area contributed by atoms with Crippen molar-refractivity contribution < 1.29 is 23.9 Å². The molecular weight excluding hydrogens is 368 g/mol. The van der Waals surface area contributed by atoms with Gasteiger partial charge in [-0.1, -0.05) is 18.2 Å². The second-order valence-corrected chi connectivity index (χ2v) is 7.34. The van der Waals surface area contributed by atoms with Crippen LogP contribution in [0.2, 0.25) is 0 Å². The van der Waals surface area contributed by atoms with Crippen LogP contribution < -0.4 is 5.32 Å². The number of benzene rings is 1. The summed E-state index contributed by atoms with van der Waals surface area (Å²) in [4.78, 5) is 38.0. The number of piperidine rings is 1. The van der Waals surface area contributed by atoms with Crippen LogP contribution in [-0.4, -0.2) is 55.2 Å². The number of esters is 1. The lowest BCUT2D eigenvalue weighted by atomic mass is 10.1. The molecule has 2 amide bonds. The number of hydrogen-bond donors (Lipinski definition) is 1. The highest BCUT2D eigenvalue weighted by Crippen LogP contribution is 2.25. The molecule has 8 heteroatoms. The van der Waals surface area contributed by atoms with E-state index in [9.17, 15) is 14.4 Å². The van der Waals surface area contributed by atoms with Gasteiger partial charge in [-0.2, -0.15) is 0 Å². The summed E-state index contributed by atoms with van der Waals surface area (Å²) in [5.74, 6) is -0.831. The molecule has 7 nitrogen and oxygen atoms in total. The third-order valence-electron chi connectivity index (χ3n) is 4.35. The van der Waals surface area contributed by atoms with Gasteiger partial charge in [0.2, 0.25) is 0 Å². The van der Waals surface area contributed by atoms with E-state index >= 15 is 0 Å². The minimum absolute atomic E-state index is 0.0359. The molecule has 0 unspecified atom stereocenters. The van der Waals surface area contributed by atoms with Crippen molar-refractivity contribution in [3.8, 4) is 0 Å². The smallest absolute Gasteiger partial charge is 0.409 e. The van der Waals surface area contributed by atoms with E-state index in [1.54, 1.807) is 17.9 Å². The Bertz CT molecular complexity index is 793. The molecule has 2 heterocycles. The fraction of sp³-hybridized carbons (Fsp3) is 0.421. The summed E-state index contributed by atoms with van der Waals surface area (Å²) in [5, 5.41) is 3.83. The molecule has 2 aromatic rings. The van der Waals surface area contributed by atoms with Crippen molar-refractivity contribution in [1.29, 1.82) is 0 Å². The number of carbonyl (C=O) groups excluding carboxylic acids is 3. The van der Waals surface area contributed by atoms with Crippen molar-refractivity contribution in [3.63, 3.8) is 0 Å². The summed E-state index contributed by atoms with van der Waals surface area (Å²) in [6.45, 7) is 2.87. The first-order valence-electron chi connectivity index (χ1n) is 8.93. The van der Waals surface area contributed by atoms with Gasteiger partial charge in [-0.25, -0.2) is 9.59 Å². The standard InChI is InChI=1S/C19H22N2O5S/c1-2-25-19(24)21-9-7-14(8-10-21)20-17(22)12-26-18(23)16-11-13-5-3-4-6-15(13)27-16/h3-6,11,14H,2,7-10,12H2,1H3,(H,20,22). The minimum atomic E-state index is -0.497. The molecular formula is C19H22N2O5S. The Hall–Kier alpha value is -2.61. The van der Waals surface area contributed by atoms with Crippen molar-refractivity contribution in [2.45, 2.75) is 25.8 Å². The first-order valence-corrected chi connectivity index (χ1v) is 9.75. The lowest BCUT2D eigenvalue weighted by molar-refractivity contribution is -0.125. The Morgan fingerprint density at radius 2 is 1.93 bits per heavy atom. The summed E-state index contributed by atoms with van der Waals surface area (Å²) < 4.78 is 11.1. The number of nitrogens with one attached hydrogen (secondary N) is 1. The van der Waals surface area contributed by atoms with E-state index in [0.717, 1.165) is 10.1 Å². The van der Waals surface area contributed by atoms with E-state index < -0.39 is 5.97 Å². The molecule has 1 aromatic heterocycles. The third-order valence-corrected chi connectivity index (χ3v) is 5.44. The van der Waals surface area contributed by atoms with E-state index in [1.165, 1.54) is 11.3 Å². The molecule has 0 radical (unpaired) electrons. The third kappa shape index (κ3) is 4.97. The maximum atomic E-state index is 12.1. The monoisotopic (exact) mass is 390 g/mol. The van der Waals surface area contributed by atoms with Crippen molar-refractivity contribution in [3.05, 3.63) is 35.2 Å². The summed E-state index contributed by atoms with van der Waals surface area (Å²) >= 11 is 1.34. The average molecular weight is 390 g/mol. The van der Waals surface area contributed by atoms with Crippen molar-refractivity contribution in [2.75, 3.05) is 26.3 Å². The number of amides is 2. The van der Waals surface area contributed by atoms with Gasteiger partial charge in [0, 0.05) is 23.8 Å². The first-order chi connectivity index (χ1) is 13.1. The van der Waals surface area contributed by atoms with Crippen molar-refractivity contribution in [1.82, 2.24) is 10.2 Å². The van der Waals surface area contributed by atoms with Gasteiger partial charge >= 0.3 is 12.1 Å². The van der Waals surface area contributed by atoms with Crippen LogP contribution in [0.1, 0.15) is 29.4 Å². The fourth-order valence-electron chi connectivity index (χ4n) is 2.98. The largest absolute Gasteiger partial charge is 0.451 e. The van der Waals surface area contributed by atoms with Gasteiger partial charge in [-0.15, -0.1) is 11.3 Å². The highest BCUT2D eigenvalue weighted by Gasteiger charge is 2.25. The van der Waals surface area contributed by atoms with E-state index in [4.69, 9.17) is 9.47 Å². The molecule has 1 aliphatic rings. The molecule has 1 N–H and O–H groups in total. The molecule has 27 heavy (non-hydrogen) atoms. The van der Waals surface area contributed by atoms with Crippen molar-refractivity contribution in [2.24, 2.45) is 0 Å². The quantitative estimate of drug-likeness (QED) is 0.794. The Morgan fingerprint density at radius 1 is 1.19 bits per heavy atom. The van der Waals surface area contributed by atoms with Gasteiger partial charge in [0.1, 0.15) is 4.88 Å². The van der Waals surface area contributed by atoms with Crippen molar-refractivity contribution >= 4 is 39.4 Å². The van der Waals surface area contributed by atoms with Gasteiger partial charge in [0.15, 0.2) is 6.61 Å². The predicted molar refractivity (Wildman–Crippen MR) is 102 cm³/mol. The molecule has 0 atom stereocenters. The highest BCUT2D eigenvalue weighted by molar-refractivity contribution is 7.20. The van der Waals surface area contributed by atoms with Crippen LogP contribution in [0.15, 0.2) is 30.3 Å². The number of carbonyl (C=O) groups is 3. The normalized spacial score (nSPS) is 14.8. The molecule has 0 aliphatic carbocycles. The number of hydrogen-bond acceptors (Lipinski definition) is 6. The minimum Gasteiger partial charge on any atom is -0.451 e. The van der Waals surface area contributed by atoms with Crippen LogP contribution in [0.3, 0.4) is 0 Å². The Morgan fingerprint density at radius 3 is 2.63 bits per heavy atom. The zero-order valence-electron chi connectivity index (χ0n) is 15.1. The average Bonchev–Trinajstić information content (AvgIpc) is 3.11. The number of nitrogens with zero attached hydrogens (tertiary/aromatic N) is 1. The molecule has 3 rings (SSSR count). The maximum absolute atomic E-state index is 12.1. The van der Waals surface area contributed by atoms with Crippen LogP contribution in [0.5, 0.6) is 0 Å². The van der Waals surface area contributed by atoms with Crippen LogP contribution in [0, 0.1) is 0 Å².